The van der Waals surface area contributed by atoms with Crippen LogP contribution >= 0.6 is 0 Å². The summed E-state index contributed by atoms with van der Waals surface area (Å²) >= 11 is 0. The fourth-order valence-corrected chi connectivity index (χ4v) is 0.811. The molecule has 4 N–H and O–H groups in total. The molecule has 14 heavy (non-hydrogen) atoms. The molecule has 0 rings (SSSR count). The highest BCUT2D eigenvalue weighted by atomic mass is 16.5. The summed E-state index contributed by atoms with van der Waals surface area (Å²) in [6.45, 7) is 0.460. The Morgan fingerprint density at radius 3 is 2.64 bits per heavy atom. The molecular weight excluding hydrogens is 186 g/mol. The molecule has 0 aliphatic carbocycles. The van der Waals surface area contributed by atoms with Gasteiger partial charge in [0.1, 0.15) is 6.04 Å². The van der Waals surface area contributed by atoms with Crippen LogP contribution in [0.3, 0.4) is 0 Å². The van der Waals surface area contributed by atoms with E-state index in [2.05, 4.69) is 10.6 Å². The van der Waals surface area contributed by atoms with Crippen LogP contribution in [0.25, 0.3) is 0 Å². The molecule has 6 heteroatoms. The molecule has 1 atom stereocenters. The van der Waals surface area contributed by atoms with Crippen LogP contribution in [-0.2, 0) is 14.3 Å². The van der Waals surface area contributed by atoms with E-state index >= 15 is 0 Å². The molecule has 0 radical (unpaired) electrons. The van der Waals surface area contributed by atoms with Crippen LogP contribution < -0.4 is 16.4 Å². The number of rotatable bonds is 6. The molecule has 0 aliphatic heterocycles. The summed E-state index contributed by atoms with van der Waals surface area (Å²) < 4.78 is 4.71. The molecule has 0 spiro atoms. The van der Waals surface area contributed by atoms with Gasteiger partial charge in [-0.1, -0.05) is 0 Å². The smallest absolute Gasteiger partial charge is 0.239 e. The van der Waals surface area contributed by atoms with E-state index in [4.69, 9.17) is 10.5 Å². The summed E-state index contributed by atoms with van der Waals surface area (Å²) in [5.41, 5.74) is 5.44. The van der Waals surface area contributed by atoms with Crippen LogP contribution in [0.15, 0.2) is 0 Å². The number of amides is 2. The van der Waals surface area contributed by atoms with Gasteiger partial charge < -0.3 is 21.1 Å². The summed E-state index contributed by atoms with van der Waals surface area (Å²) in [4.78, 5) is 21.9. The topological polar surface area (TPSA) is 93.5 Å². The van der Waals surface area contributed by atoms with Crippen molar-refractivity contribution in [1.82, 2.24) is 10.6 Å². The molecule has 82 valence electrons. The zero-order valence-corrected chi connectivity index (χ0v) is 8.50. The maximum absolute atomic E-state index is 11.2. The third-order valence-corrected chi connectivity index (χ3v) is 1.61. The second kappa shape index (κ2) is 7.28. The Kier molecular flexibility index (Phi) is 6.69. The van der Waals surface area contributed by atoms with E-state index in [0.29, 0.717) is 0 Å². The Morgan fingerprint density at radius 2 is 2.14 bits per heavy atom. The zero-order valence-electron chi connectivity index (χ0n) is 8.50. The predicted molar refractivity (Wildman–Crippen MR) is 51.5 cm³/mol. The first kappa shape index (κ1) is 12.9. The van der Waals surface area contributed by atoms with Crippen LogP contribution in [0.5, 0.6) is 0 Å². The van der Waals surface area contributed by atoms with Crippen molar-refractivity contribution in [2.24, 2.45) is 5.73 Å². The van der Waals surface area contributed by atoms with Crippen molar-refractivity contribution >= 4 is 11.8 Å². The molecule has 0 saturated heterocycles. The van der Waals surface area contributed by atoms with E-state index in [1.54, 1.807) is 7.05 Å². The van der Waals surface area contributed by atoms with Gasteiger partial charge in [0.15, 0.2) is 0 Å². The van der Waals surface area contributed by atoms with E-state index in [1.807, 2.05) is 0 Å². The van der Waals surface area contributed by atoms with Crippen molar-refractivity contribution < 1.29 is 14.3 Å². The number of carbonyl (C=O) groups excluding carboxylic acids is 2. The minimum absolute atomic E-state index is 0.120. The normalized spacial score (nSPS) is 11.9. The van der Waals surface area contributed by atoms with Crippen molar-refractivity contribution in [3.8, 4) is 0 Å². The van der Waals surface area contributed by atoms with Crippen molar-refractivity contribution in [3.63, 3.8) is 0 Å². The Balaban J connectivity index is 3.58. The average Bonchev–Trinajstić information content (AvgIpc) is 2.17. The third kappa shape index (κ3) is 5.50. The monoisotopic (exact) mass is 203 g/mol. The molecule has 0 aromatic rings. The van der Waals surface area contributed by atoms with Crippen LogP contribution in [0.1, 0.15) is 6.42 Å². The lowest BCUT2D eigenvalue weighted by Crippen LogP contribution is -2.44. The standard InChI is InChI=1S/C8H17N3O3/c1-10-7(12)3-4-11-8(13)6(9)5-14-2/h6H,3-5,9H2,1-2H3,(H,10,12)(H,11,13). The van der Waals surface area contributed by atoms with Crippen molar-refractivity contribution in [3.05, 3.63) is 0 Å². The molecule has 6 nitrogen and oxygen atoms in total. The largest absolute Gasteiger partial charge is 0.383 e. The first-order chi connectivity index (χ1) is 6.61. The lowest BCUT2D eigenvalue weighted by molar-refractivity contribution is -0.123. The van der Waals surface area contributed by atoms with Crippen LogP contribution in [0.2, 0.25) is 0 Å². The van der Waals surface area contributed by atoms with Crippen molar-refractivity contribution in [2.75, 3.05) is 27.3 Å². The molecule has 0 bridgehead atoms. The van der Waals surface area contributed by atoms with Gasteiger partial charge in [0.05, 0.1) is 6.61 Å². The summed E-state index contributed by atoms with van der Waals surface area (Å²) in [5.74, 6) is -0.429. The van der Waals surface area contributed by atoms with Gasteiger partial charge in [-0.05, 0) is 0 Å². The van der Waals surface area contributed by atoms with E-state index < -0.39 is 6.04 Å². The third-order valence-electron chi connectivity index (χ3n) is 1.61. The highest BCUT2D eigenvalue weighted by molar-refractivity contribution is 5.82. The minimum Gasteiger partial charge on any atom is -0.383 e. The Morgan fingerprint density at radius 1 is 1.50 bits per heavy atom. The number of nitrogens with two attached hydrogens (primary N) is 1. The first-order valence-electron chi connectivity index (χ1n) is 4.34. The number of hydrogen-bond acceptors (Lipinski definition) is 4. The number of nitrogens with one attached hydrogen (secondary N) is 2. The molecule has 1 unspecified atom stereocenters. The quantitative estimate of drug-likeness (QED) is 0.475. The highest BCUT2D eigenvalue weighted by Crippen LogP contribution is 1.82. The van der Waals surface area contributed by atoms with E-state index in [9.17, 15) is 9.59 Å². The maximum atomic E-state index is 11.2. The molecule has 0 aromatic carbocycles. The molecule has 0 aliphatic rings. The van der Waals surface area contributed by atoms with E-state index in [0.717, 1.165) is 0 Å². The fraction of sp³-hybridized carbons (Fsp3) is 0.750. The maximum Gasteiger partial charge on any atom is 0.239 e. The van der Waals surface area contributed by atoms with Gasteiger partial charge in [0.2, 0.25) is 11.8 Å². The Labute approximate surface area is 83.2 Å². The molecule has 2 amide bonds. The van der Waals surface area contributed by atoms with Crippen LogP contribution in [0.4, 0.5) is 0 Å². The second-order valence-corrected chi connectivity index (χ2v) is 2.78. The van der Waals surface area contributed by atoms with Gasteiger partial charge >= 0.3 is 0 Å². The number of ether oxygens (including phenoxy) is 1. The van der Waals surface area contributed by atoms with Crippen LogP contribution in [-0.4, -0.2) is 45.2 Å². The SMILES string of the molecule is CNC(=O)CCNC(=O)C(N)COC. The first-order valence-corrected chi connectivity index (χ1v) is 4.34. The lowest BCUT2D eigenvalue weighted by Gasteiger charge is -2.10. The zero-order chi connectivity index (χ0) is 11.0. The van der Waals surface area contributed by atoms with Gasteiger partial charge in [-0.3, -0.25) is 9.59 Å². The minimum atomic E-state index is -0.676. The van der Waals surface area contributed by atoms with E-state index in [1.165, 1.54) is 7.11 Å². The highest BCUT2D eigenvalue weighted by Gasteiger charge is 2.12. The van der Waals surface area contributed by atoms with Gasteiger partial charge in [0.25, 0.3) is 0 Å². The number of methoxy groups -OCH3 is 1. The molecule has 0 fully saturated rings. The number of carbonyl (C=O) groups is 2. The van der Waals surface area contributed by atoms with Crippen LogP contribution in [0, 0.1) is 0 Å². The van der Waals surface area contributed by atoms with Gasteiger partial charge in [-0.25, -0.2) is 0 Å². The van der Waals surface area contributed by atoms with Crippen molar-refractivity contribution in [1.29, 1.82) is 0 Å². The molecule has 0 saturated carbocycles. The predicted octanol–water partition coefficient (Wildman–Crippen LogP) is -1.79. The Hall–Kier alpha value is -1.14. The van der Waals surface area contributed by atoms with Gasteiger partial charge in [-0.15, -0.1) is 0 Å². The summed E-state index contributed by atoms with van der Waals surface area (Å²) in [5, 5.41) is 4.97. The molecular formula is C8H17N3O3. The molecule has 0 heterocycles. The Bertz CT molecular complexity index is 196. The van der Waals surface area contributed by atoms with Gasteiger partial charge in [0, 0.05) is 27.1 Å². The fourth-order valence-electron chi connectivity index (χ4n) is 0.811. The summed E-state index contributed by atoms with van der Waals surface area (Å²) in [6, 6.07) is -0.676. The van der Waals surface area contributed by atoms with E-state index in [-0.39, 0.29) is 31.4 Å². The average molecular weight is 203 g/mol. The number of hydrogen-bond donors (Lipinski definition) is 3. The lowest BCUT2D eigenvalue weighted by atomic mass is 10.3. The van der Waals surface area contributed by atoms with Crippen molar-refractivity contribution in [2.45, 2.75) is 12.5 Å². The summed E-state index contributed by atoms with van der Waals surface area (Å²) in [7, 11) is 3.01. The second-order valence-electron chi connectivity index (χ2n) is 2.78. The van der Waals surface area contributed by atoms with Gasteiger partial charge in [-0.2, -0.15) is 0 Å². The summed E-state index contributed by atoms with van der Waals surface area (Å²) in [6.07, 6.45) is 0.252. The molecule has 0 aromatic heterocycles.